The van der Waals surface area contributed by atoms with Gasteiger partial charge in [-0.1, -0.05) is 17.7 Å². The predicted octanol–water partition coefficient (Wildman–Crippen LogP) is 5.27. The van der Waals surface area contributed by atoms with E-state index in [0.717, 1.165) is 23.3 Å². The van der Waals surface area contributed by atoms with E-state index in [1.807, 2.05) is 6.08 Å². The summed E-state index contributed by atoms with van der Waals surface area (Å²) in [6.07, 6.45) is 1.42. The van der Waals surface area contributed by atoms with Gasteiger partial charge in [0, 0.05) is 31.4 Å². The first-order chi connectivity index (χ1) is 13.8. The lowest BCUT2D eigenvalue weighted by Crippen LogP contribution is -2.38. The van der Waals surface area contributed by atoms with Crippen LogP contribution in [0.1, 0.15) is 23.2 Å². The lowest BCUT2D eigenvalue weighted by Gasteiger charge is -2.27. The summed E-state index contributed by atoms with van der Waals surface area (Å²) in [7, 11) is 0. The molecule has 2 N–H and O–H groups in total. The van der Waals surface area contributed by atoms with Gasteiger partial charge in [0.15, 0.2) is 0 Å². The number of benzene rings is 1. The van der Waals surface area contributed by atoms with Gasteiger partial charge in [-0.25, -0.2) is 4.79 Å². The Hall–Kier alpha value is -2.87. The van der Waals surface area contributed by atoms with Crippen molar-refractivity contribution in [3.8, 4) is 0 Å². The Bertz CT molecular complexity index is 942. The van der Waals surface area contributed by atoms with Gasteiger partial charge in [-0.3, -0.25) is 4.98 Å². The van der Waals surface area contributed by atoms with E-state index in [-0.39, 0.29) is 6.03 Å². The average molecular weight is 423 g/mol. The molecule has 0 radical (unpaired) electrons. The van der Waals surface area contributed by atoms with Crippen molar-refractivity contribution in [1.82, 2.24) is 9.88 Å². The summed E-state index contributed by atoms with van der Waals surface area (Å²) in [6.45, 7) is 0.765. The second-order valence-electron chi connectivity index (χ2n) is 6.51. The third-order valence-electron chi connectivity index (χ3n) is 4.50. The number of nitrogens with zero attached hydrogens (tertiary/aromatic N) is 2. The van der Waals surface area contributed by atoms with Crippen LogP contribution in [-0.4, -0.2) is 35.2 Å². The highest BCUT2D eigenvalue weighted by molar-refractivity contribution is 6.32. The minimum Gasteiger partial charge on any atom is -0.320 e. The summed E-state index contributed by atoms with van der Waals surface area (Å²) in [5, 5.41) is 10.2. The Kier molecular flexibility index (Phi) is 6.22. The van der Waals surface area contributed by atoms with Crippen LogP contribution in [0.15, 0.2) is 42.6 Å². The number of anilines is 1. The molecule has 1 aliphatic rings. The van der Waals surface area contributed by atoms with E-state index < -0.39 is 11.7 Å². The van der Waals surface area contributed by atoms with Crippen LogP contribution in [0, 0.1) is 5.41 Å². The standard InChI is InChI=1S/C20H18ClF3N4O/c21-17-11-13(5-8-25)12-26-18(17)14-6-9-28(10-7-14)19(29)27-16-3-1-15(2-4-16)20(22,23)24/h1-4,6,8,11-12,25H,5,7,9-10H2,(H,27,29). The SMILES string of the molecule is N=CCc1cnc(C2=CCN(C(=O)Nc3ccc(C(F)(F)F)cc3)CC2)c(Cl)c1. The maximum atomic E-state index is 12.6. The number of rotatable bonds is 4. The molecule has 3 rings (SSSR count). The van der Waals surface area contributed by atoms with E-state index in [1.165, 1.54) is 18.3 Å². The molecular weight excluding hydrogens is 405 g/mol. The topological polar surface area (TPSA) is 69.1 Å². The zero-order valence-corrected chi connectivity index (χ0v) is 16.0. The first kappa shape index (κ1) is 20.9. The molecule has 0 atom stereocenters. The van der Waals surface area contributed by atoms with E-state index >= 15 is 0 Å². The Morgan fingerprint density at radius 2 is 2.03 bits per heavy atom. The summed E-state index contributed by atoms with van der Waals surface area (Å²) in [4.78, 5) is 18.3. The number of aromatic nitrogens is 1. The van der Waals surface area contributed by atoms with E-state index in [9.17, 15) is 18.0 Å². The molecule has 0 saturated carbocycles. The summed E-state index contributed by atoms with van der Waals surface area (Å²) >= 11 is 6.30. The highest BCUT2D eigenvalue weighted by atomic mass is 35.5. The van der Waals surface area contributed by atoms with Gasteiger partial charge < -0.3 is 15.6 Å². The second-order valence-corrected chi connectivity index (χ2v) is 6.92. The van der Waals surface area contributed by atoms with Gasteiger partial charge in [-0.2, -0.15) is 13.2 Å². The van der Waals surface area contributed by atoms with Gasteiger partial charge in [0.05, 0.1) is 16.3 Å². The molecule has 2 aromatic rings. The largest absolute Gasteiger partial charge is 0.416 e. The van der Waals surface area contributed by atoms with E-state index in [4.69, 9.17) is 17.0 Å². The van der Waals surface area contributed by atoms with Gasteiger partial charge in [0.25, 0.3) is 0 Å². The third-order valence-corrected chi connectivity index (χ3v) is 4.79. The maximum absolute atomic E-state index is 12.6. The van der Waals surface area contributed by atoms with Crippen molar-refractivity contribution in [3.63, 3.8) is 0 Å². The van der Waals surface area contributed by atoms with Crippen LogP contribution < -0.4 is 5.32 Å². The van der Waals surface area contributed by atoms with Gasteiger partial charge in [0.1, 0.15) is 0 Å². The molecule has 0 saturated heterocycles. The van der Waals surface area contributed by atoms with Crippen molar-refractivity contribution in [2.45, 2.75) is 19.0 Å². The Morgan fingerprint density at radius 3 is 2.59 bits per heavy atom. The molecule has 0 bridgehead atoms. The van der Waals surface area contributed by atoms with Crippen LogP contribution in [0.5, 0.6) is 0 Å². The van der Waals surface area contributed by atoms with Crippen molar-refractivity contribution in [3.05, 3.63) is 64.4 Å². The van der Waals surface area contributed by atoms with Crippen LogP contribution in [0.4, 0.5) is 23.7 Å². The van der Waals surface area contributed by atoms with Crippen LogP contribution in [0.2, 0.25) is 5.02 Å². The second kappa shape index (κ2) is 8.65. The molecule has 2 heterocycles. The normalized spacial score (nSPS) is 14.3. The average Bonchev–Trinajstić information content (AvgIpc) is 2.68. The lowest BCUT2D eigenvalue weighted by atomic mass is 10.0. The van der Waals surface area contributed by atoms with Crippen molar-refractivity contribution in [1.29, 1.82) is 5.41 Å². The molecule has 9 heteroatoms. The fraction of sp³-hybridized carbons (Fsp3) is 0.250. The molecule has 152 valence electrons. The highest BCUT2D eigenvalue weighted by Gasteiger charge is 2.30. The number of pyridine rings is 1. The quantitative estimate of drug-likeness (QED) is 0.659. The first-order valence-corrected chi connectivity index (χ1v) is 9.21. The van der Waals surface area contributed by atoms with Gasteiger partial charge in [-0.15, -0.1) is 0 Å². The molecule has 0 aliphatic carbocycles. The van der Waals surface area contributed by atoms with E-state index in [0.29, 0.717) is 42.3 Å². The van der Waals surface area contributed by atoms with Crippen LogP contribution in [0.25, 0.3) is 5.57 Å². The number of carbonyl (C=O) groups is 1. The van der Waals surface area contributed by atoms with Crippen molar-refractivity contribution < 1.29 is 18.0 Å². The van der Waals surface area contributed by atoms with Crippen LogP contribution in [-0.2, 0) is 12.6 Å². The number of amides is 2. The summed E-state index contributed by atoms with van der Waals surface area (Å²) < 4.78 is 37.8. The molecule has 5 nitrogen and oxygen atoms in total. The summed E-state index contributed by atoms with van der Waals surface area (Å²) in [5.41, 5.74) is 1.96. The number of hydrogen-bond acceptors (Lipinski definition) is 3. The van der Waals surface area contributed by atoms with Crippen LogP contribution >= 0.6 is 11.6 Å². The number of nitrogens with one attached hydrogen (secondary N) is 2. The van der Waals surface area contributed by atoms with E-state index in [2.05, 4.69) is 10.3 Å². The molecule has 0 spiro atoms. The zero-order chi connectivity index (χ0) is 21.0. The molecule has 1 aliphatic heterocycles. The molecular formula is C20H18ClF3N4O. The maximum Gasteiger partial charge on any atom is 0.416 e. The number of hydrogen-bond donors (Lipinski definition) is 2. The highest BCUT2D eigenvalue weighted by Crippen LogP contribution is 2.30. The third kappa shape index (κ3) is 5.14. The molecule has 2 amide bonds. The molecule has 1 aromatic carbocycles. The van der Waals surface area contributed by atoms with E-state index in [1.54, 1.807) is 17.2 Å². The Labute approximate surface area is 170 Å². The van der Waals surface area contributed by atoms with Gasteiger partial charge >= 0.3 is 12.2 Å². The number of halogens is 4. The lowest BCUT2D eigenvalue weighted by molar-refractivity contribution is -0.137. The van der Waals surface area contributed by atoms with Gasteiger partial charge in [-0.05, 0) is 54.1 Å². The first-order valence-electron chi connectivity index (χ1n) is 8.84. The molecule has 0 fully saturated rings. The van der Waals surface area contributed by atoms with Crippen LogP contribution in [0.3, 0.4) is 0 Å². The zero-order valence-electron chi connectivity index (χ0n) is 15.3. The summed E-state index contributed by atoms with van der Waals surface area (Å²) in [6, 6.07) is 5.70. The smallest absolute Gasteiger partial charge is 0.320 e. The minimum atomic E-state index is -4.41. The minimum absolute atomic E-state index is 0.296. The molecule has 0 unspecified atom stereocenters. The van der Waals surface area contributed by atoms with Crippen molar-refractivity contribution in [2.24, 2.45) is 0 Å². The number of carbonyl (C=O) groups excluding carboxylic acids is 1. The predicted molar refractivity (Wildman–Crippen MR) is 106 cm³/mol. The Balaban J connectivity index is 1.63. The van der Waals surface area contributed by atoms with Crippen molar-refractivity contribution >= 4 is 35.1 Å². The summed E-state index contributed by atoms with van der Waals surface area (Å²) in [5.74, 6) is 0. The molecule has 29 heavy (non-hydrogen) atoms. The van der Waals surface area contributed by atoms with Crippen molar-refractivity contribution in [2.75, 3.05) is 18.4 Å². The number of alkyl halides is 3. The Morgan fingerprint density at radius 1 is 1.31 bits per heavy atom. The number of urea groups is 1. The monoisotopic (exact) mass is 422 g/mol. The fourth-order valence-corrected chi connectivity index (χ4v) is 3.27. The molecule has 1 aromatic heterocycles. The van der Waals surface area contributed by atoms with Gasteiger partial charge in [0.2, 0.25) is 0 Å². The fourth-order valence-electron chi connectivity index (χ4n) is 2.96.